The molecule has 2 aromatic rings. The van der Waals surface area contributed by atoms with E-state index in [0.717, 1.165) is 17.1 Å². The molecule has 1 heterocycles. The van der Waals surface area contributed by atoms with E-state index in [-0.39, 0.29) is 0 Å². The van der Waals surface area contributed by atoms with Gasteiger partial charge in [-0.25, -0.2) is 0 Å². The van der Waals surface area contributed by atoms with E-state index in [4.69, 9.17) is 12.2 Å². The lowest BCUT2D eigenvalue weighted by Gasteiger charge is -2.20. The van der Waals surface area contributed by atoms with Gasteiger partial charge in [-0.05, 0) is 37.0 Å². The Hall–Kier alpha value is -1.35. The summed E-state index contributed by atoms with van der Waals surface area (Å²) >= 11 is 5.45. The first kappa shape index (κ1) is 14.1. The Labute approximate surface area is 120 Å². The molecule has 0 saturated heterocycles. The van der Waals surface area contributed by atoms with Gasteiger partial charge in [0.25, 0.3) is 0 Å². The predicted octanol–water partition coefficient (Wildman–Crippen LogP) is 5.21. The predicted molar refractivity (Wildman–Crippen MR) is 83.8 cm³/mol. The molecule has 0 aliphatic carbocycles. The highest BCUT2D eigenvalue weighted by atomic mass is 32.1. The van der Waals surface area contributed by atoms with Crippen LogP contribution in [-0.2, 0) is 0 Å². The van der Waals surface area contributed by atoms with Crippen LogP contribution in [0.3, 0.4) is 0 Å². The molecule has 19 heavy (non-hydrogen) atoms. The van der Waals surface area contributed by atoms with E-state index in [0.29, 0.717) is 6.04 Å². The molecule has 2 atom stereocenters. The zero-order valence-electron chi connectivity index (χ0n) is 11.9. The van der Waals surface area contributed by atoms with Crippen molar-refractivity contribution in [3.8, 4) is 11.3 Å². The monoisotopic (exact) mass is 274 g/mol. The van der Waals surface area contributed by atoms with E-state index >= 15 is 0 Å². The van der Waals surface area contributed by atoms with Gasteiger partial charge in [0.05, 0.1) is 5.69 Å². The van der Waals surface area contributed by atoms with Gasteiger partial charge in [-0.3, -0.25) is 0 Å². The Morgan fingerprint density at radius 1 is 1.21 bits per heavy atom. The lowest BCUT2D eigenvalue weighted by Crippen LogP contribution is -2.10. The lowest BCUT2D eigenvalue weighted by molar-refractivity contribution is 0.398. The van der Waals surface area contributed by atoms with Crippen molar-refractivity contribution in [3.63, 3.8) is 0 Å². The second-order valence-corrected chi connectivity index (χ2v) is 5.70. The number of benzene rings is 1. The van der Waals surface area contributed by atoms with Gasteiger partial charge in [-0.2, -0.15) is 0 Å². The summed E-state index contributed by atoms with van der Waals surface area (Å²) in [6, 6.07) is 10.8. The Balaban J connectivity index is 2.36. The van der Waals surface area contributed by atoms with E-state index in [9.17, 15) is 0 Å². The van der Waals surface area contributed by atoms with Crippen molar-refractivity contribution in [2.45, 2.75) is 39.7 Å². The van der Waals surface area contributed by atoms with Crippen molar-refractivity contribution in [3.05, 3.63) is 41.3 Å². The van der Waals surface area contributed by atoms with E-state index in [1.165, 1.54) is 17.7 Å². The zero-order valence-corrected chi connectivity index (χ0v) is 12.7. The van der Waals surface area contributed by atoms with Crippen LogP contribution in [0.4, 0.5) is 0 Å². The number of aromatic nitrogens is 2. The average molecular weight is 274 g/mol. The number of hydrogen-bond donors (Lipinski definition) is 1. The van der Waals surface area contributed by atoms with Crippen LogP contribution < -0.4 is 0 Å². The van der Waals surface area contributed by atoms with Gasteiger partial charge < -0.3 is 9.55 Å². The molecule has 0 bridgehead atoms. The molecule has 1 aromatic heterocycles. The quantitative estimate of drug-likeness (QED) is 0.742. The maximum Gasteiger partial charge on any atom is 0.177 e. The number of nitrogens with zero attached hydrogens (tertiary/aromatic N) is 1. The summed E-state index contributed by atoms with van der Waals surface area (Å²) in [4.78, 5) is 3.19. The molecule has 0 radical (unpaired) electrons. The first-order chi connectivity index (χ1) is 9.13. The Bertz CT molecular complexity index is 568. The highest BCUT2D eigenvalue weighted by Gasteiger charge is 2.14. The number of aromatic amines is 1. The molecule has 0 aliphatic rings. The van der Waals surface area contributed by atoms with Crippen LogP contribution in [0.2, 0.25) is 0 Å². The van der Waals surface area contributed by atoms with Crippen molar-refractivity contribution in [2.24, 2.45) is 5.92 Å². The maximum atomic E-state index is 5.45. The second-order valence-electron chi connectivity index (χ2n) is 5.31. The molecular formula is C16H22N2S. The first-order valence-corrected chi connectivity index (χ1v) is 7.39. The number of rotatable bonds is 5. The summed E-state index contributed by atoms with van der Waals surface area (Å²) in [6.07, 6.45) is 4.38. The molecule has 1 aromatic carbocycles. The summed E-state index contributed by atoms with van der Waals surface area (Å²) in [6.45, 7) is 6.79. The molecule has 0 saturated carbocycles. The van der Waals surface area contributed by atoms with E-state index < -0.39 is 0 Å². The molecule has 2 unspecified atom stereocenters. The maximum absolute atomic E-state index is 5.45. The number of imidazole rings is 1. The minimum Gasteiger partial charge on any atom is -0.337 e. The van der Waals surface area contributed by atoms with Crippen LogP contribution in [0.5, 0.6) is 0 Å². The Morgan fingerprint density at radius 3 is 2.53 bits per heavy atom. The summed E-state index contributed by atoms with van der Waals surface area (Å²) in [5.41, 5.74) is 2.40. The fraction of sp³-hybridized carbons (Fsp3) is 0.438. The minimum atomic E-state index is 0.420. The summed E-state index contributed by atoms with van der Waals surface area (Å²) in [5.74, 6) is 0.718. The second kappa shape index (κ2) is 6.20. The largest absolute Gasteiger partial charge is 0.337 e. The standard InChI is InChI=1S/C16H22N2S/c1-4-12(2)10-13(3)18-15(11-17-16(18)19)14-8-6-5-7-9-14/h5-9,11-13H,4,10H2,1-3H3,(H,17,19). The number of hydrogen-bond acceptors (Lipinski definition) is 1. The highest BCUT2D eigenvalue weighted by molar-refractivity contribution is 7.71. The molecule has 3 heteroatoms. The molecule has 0 amide bonds. The molecule has 0 fully saturated rings. The molecule has 2 rings (SSSR count). The van der Waals surface area contributed by atoms with Crippen molar-refractivity contribution in [2.75, 3.05) is 0 Å². The summed E-state index contributed by atoms with van der Waals surface area (Å²) in [7, 11) is 0. The minimum absolute atomic E-state index is 0.420. The smallest absolute Gasteiger partial charge is 0.177 e. The summed E-state index contributed by atoms with van der Waals surface area (Å²) in [5, 5.41) is 0. The van der Waals surface area contributed by atoms with Gasteiger partial charge in [0.1, 0.15) is 0 Å². The van der Waals surface area contributed by atoms with Gasteiger partial charge >= 0.3 is 0 Å². The average Bonchev–Trinajstić information content (AvgIpc) is 2.81. The fourth-order valence-electron chi connectivity index (χ4n) is 2.50. The van der Waals surface area contributed by atoms with E-state index in [2.05, 4.69) is 54.6 Å². The van der Waals surface area contributed by atoms with Gasteiger partial charge in [0.15, 0.2) is 4.77 Å². The molecule has 1 N–H and O–H groups in total. The first-order valence-electron chi connectivity index (χ1n) is 6.98. The van der Waals surface area contributed by atoms with Crippen LogP contribution in [0, 0.1) is 10.7 Å². The van der Waals surface area contributed by atoms with Crippen molar-refractivity contribution < 1.29 is 0 Å². The van der Waals surface area contributed by atoms with Gasteiger partial charge in [0.2, 0.25) is 0 Å². The van der Waals surface area contributed by atoms with Gasteiger partial charge in [-0.1, -0.05) is 50.6 Å². The number of H-pyrrole nitrogens is 1. The zero-order chi connectivity index (χ0) is 13.8. The third-order valence-corrected chi connectivity index (χ3v) is 4.08. The molecule has 2 nitrogen and oxygen atoms in total. The summed E-state index contributed by atoms with van der Waals surface area (Å²) < 4.78 is 3.06. The number of nitrogens with one attached hydrogen (secondary N) is 1. The fourth-order valence-corrected chi connectivity index (χ4v) is 2.84. The Kier molecular flexibility index (Phi) is 4.59. The van der Waals surface area contributed by atoms with Crippen molar-refractivity contribution >= 4 is 12.2 Å². The van der Waals surface area contributed by atoms with Gasteiger partial charge in [0, 0.05) is 12.2 Å². The SMILES string of the molecule is CCC(C)CC(C)n1c(-c2ccccc2)c[nH]c1=S. The topological polar surface area (TPSA) is 20.7 Å². The van der Waals surface area contributed by atoms with Gasteiger partial charge in [-0.15, -0.1) is 0 Å². The van der Waals surface area contributed by atoms with Crippen LogP contribution in [-0.4, -0.2) is 9.55 Å². The van der Waals surface area contributed by atoms with Crippen LogP contribution in [0.25, 0.3) is 11.3 Å². The van der Waals surface area contributed by atoms with Crippen molar-refractivity contribution in [1.82, 2.24) is 9.55 Å². The van der Waals surface area contributed by atoms with Crippen LogP contribution in [0.15, 0.2) is 36.5 Å². The molecule has 0 aliphatic heterocycles. The van der Waals surface area contributed by atoms with E-state index in [1.54, 1.807) is 0 Å². The lowest BCUT2D eigenvalue weighted by atomic mass is 10.00. The van der Waals surface area contributed by atoms with Crippen LogP contribution >= 0.6 is 12.2 Å². The highest BCUT2D eigenvalue weighted by Crippen LogP contribution is 2.27. The molecular weight excluding hydrogens is 252 g/mol. The van der Waals surface area contributed by atoms with Crippen LogP contribution in [0.1, 0.15) is 39.7 Å². The normalized spacial score (nSPS) is 14.3. The third kappa shape index (κ3) is 3.16. The third-order valence-electron chi connectivity index (χ3n) is 3.76. The Morgan fingerprint density at radius 2 is 1.89 bits per heavy atom. The van der Waals surface area contributed by atoms with E-state index in [1.807, 2.05) is 12.3 Å². The van der Waals surface area contributed by atoms with Crippen molar-refractivity contribution in [1.29, 1.82) is 0 Å². The molecule has 0 spiro atoms. The molecule has 102 valence electrons.